The van der Waals surface area contributed by atoms with E-state index >= 15 is 0 Å². The van der Waals surface area contributed by atoms with E-state index in [1.807, 2.05) is 0 Å². The van der Waals surface area contributed by atoms with Crippen LogP contribution in [0, 0.1) is 5.92 Å². The van der Waals surface area contributed by atoms with Crippen LogP contribution in [0.5, 0.6) is 0 Å². The van der Waals surface area contributed by atoms with Gasteiger partial charge in [0.05, 0.1) is 11.7 Å². The molecule has 2 N–H and O–H groups in total. The maximum absolute atomic E-state index is 5.78. The Morgan fingerprint density at radius 1 is 1.26 bits per heavy atom. The summed E-state index contributed by atoms with van der Waals surface area (Å²) in [5, 5.41) is 4.94. The van der Waals surface area contributed by atoms with Gasteiger partial charge in [-0.15, -0.1) is 0 Å². The van der Waals surface area contributed by atoms with Crippen LogP contribution < -0.4 is 5.73 Å². The van der Waals surface area contributed by atoms with Gasteiger partial charge in [0.2, 0.25) is 0 Å². The van der Waals surface area contributed by atoms with E-state index in [-0.39, 0.29) is 0 Å². The molecule has 0 spiro atoms. The molecule has 0 saturated heterocycles. The Kier molecular flexibility index (Phi) is 5.03. The van der Waals surface area contributed by atoms with Crippen LogP contribution in [0.1, 0.15) is 69.4 Å². The second-order valence-electron chi connectivity index (χ2n) is 5.99. The molecular weight excluding hydrogens is 234 g/mol. The summed E-state index contributed by atoms with van der Waals surface area (Å²) in [4.78, 5) is 0. The lowest BCUT2D eigenvalue weighted by Crippen LogP contribution is -2.20. The molecule has 0 aromatic carbocycles. The van der Waals surface area contributed by atoms with Crippen LogP contribution in [0.4, 0.5) is 0 Å². The highest BCUT2D eigenvalue weighted by molar-refractivity contribution is 5.27. The fourth-order valence-corrected chi connectivity index (χ4v) is 3.57. The zero-order chi connectivity index (χ0) is 13.8. The molecule has 3 heteroatoms. The van der Waals surface area contributed by atoms with Gasteiger partial charge in [-0.25, -0.2) is 0 Å². The number of aromatic nitrogens is 2. The monoisotopic (exact) mass is 263 g/mol. The summed E-state index contributed by atoms with van der Waals surface area (Å²) in [5.74, 6) is 0.843. The van der Waals surface area contributed by atoms with Crippen molar-refractivity contribution in [3.05, 3.63) is 17.0 Å². The van der Waals surface area contributed by atoms with E-state index in [9.17, 15) is 0 Å². The van der Waals surface area contributed by atoms with Crippen LogP contribution in [0.3, 0.4) is 0 Å². The molecule has 0 amide bonds. The summed E-state index contributed by atoms with van der Waals surface area (Å²) in [7, 11) is 0. The van der Waals surface area contributed by atoms with Gasteiger partial charge in [0.1, 0.15) is 0 Å². The molecule has 0 aliphatic heterocycles. The molecule has 2 rings (SSSR count). The first kappa shape index (κ1) is 14.6. The molecule has 1 aromatic heterocycles. The molecule has 1 aliphatic carbocycles. The van der Waals surface area contributed by atoms with Crippen molar-refractivity contribution in [1.29, 1.82) is 0 Å². The fraction of sp³-hybridized carbons (Fsp3) is 0.812. The Balaban J connectivity index is 2.33. The highest BCUT2D eigenvalue weighted by Crippen LogP contribution is 2.34. The highest BCUT2D eigenvalue weighted by atomic mass is 15.3. The molecule has 0 radical (unpaired) electrons. The van der Waals surface area contributed by atoms with E-state index in [1.54, 1.807) is 0 Å². The maximum atomic E-state index is 5.78. The number of rotatable bonds is 5. The van der Waals surface area contributed by atoms with Crippen molar-refractivity contribution in [2.24, 2.45) is 11.7 Å². The van der Waals surface area contributed by atoms with Crippen LogP contribution in [0.25, 0.3) is 0 Å². The molecular formula is C16H29N3. The molecule has 1 heterocycles. The Morgan fingerprint density at radius 3 is 2.63 bits per heavy atom. The summed E-state index contributed by atoms with van der Waals surface area (Å²) in [5.41, 5.74) is 9.94. The number of hydrogen-bond acceptors (Lipinski definition) is 2. The Hall–Kier alpha value is -0.830. The summed E-state index contributed by atoms with van der Waals surface area (Å²) in [6.07, 6.45) is 8.40. The molecule has 19 heavy (non-hydrogen) atoms. The van der Waals surface area contributed by atoms with Crippen molar-refractivity contribution >= 4 is 0 Å². The predicted octanol–water partition coefficient (Wildman–Crippen LogP) is 3.26. The third-order valence-corrected chi connectivity index (χ3v) is 4.52. The van der Waals surface area contributed by atoms with Crippen LogP contribution in [0.2, 0.25) is 0 Å². The first-order valence-electron chi connectivity index (χ1n) is 8.00. The zero-order valence-electron chi connectivity index (χ0n) is 12.8. The topological polar surface area (TPSA) is 43.8 Å². The number of nitrogens with two attached hydrogens (primary N) is 1. The van der Waals surface area contributed by atoms with Crippen molar-refractivity contribution in [3.63, 3.8) is 0 Å². The fourth-order valence-electron chi connectivity index (χ4n) is 3.57. The van der Waals surface area contributed by atoms with Gasteiger partial charge < -0.3 is 5.73 Å². The average Bonchev–Trinajstić information content (AvgIpc) is 2.77. The second-order valence-corrected chi connectivity index (χ2v) is 5.99. The molecule has 1 saturated carbocycles. The standard InChI is InChI=1S/C16H29N3/c1-4-15-14(9-10-17)16(5-2)19(18-15)13-8-6-7-12(3)11-13/h12-13H,4-11,17H2,1-3H3. The van der Waals surface area contributed by atoms with Crippen molar-refractivity contribution in [2.75, 3.05) is 6.54 Å². The summed E-state index contributed by atoms with van der Waals surface area (Å²) in [6, 6.07) is 0.621. The lowest BCUT2D eigenvalue weighted by molar-refractivity contribution is 0.261. The minimum absolute atomic E-state index is 0.621. The number of aryl methyl sites for hydroxylation is 1. The molecule has 2 atom stereocenters. The Morgan fingerprint density at radius 2 is 2.05 bits per heavy atom. The Bertz CT molecular complexity index is 408. The average molecular weight is 263 g/mol. The van der Waals surface area contributed by atoms with Gasteiger partial charge in [-0.2, -0.15) is 5.10 Å². The van der Waals surface area contributed by atoms with Crippen LogP contribution in [0.15, 0.2) is 0 Å². The second kappa shape index (κ2) is 6.56. The highest BCUT2D eigenvalue weighted by Gasteiger charge is 2.25. The molecule has 108 valence electrons. The maximum Gasteiger partial charge on any atom is 0.0657 e. The molecule has 1 aliphatic rings. The first-order chi connectivity index (χ1) is 9.21. The van der Waals surface area contributed by atoms with Gasteiger partial charge in [0.25, 0.3) is 0 Å². The number of nitrogens with zero attached hydrogens (tertiary/aromatic N) is 2. The van der Waals surface area contributed by atoms with Crippen LogP contribution in [-0.2, 0) is 19.3 Å². The molecule has 1 fully saturated rings. The number of hydrogen-bond donors (Lipinski definition) is 1. The van der Waals surface area contributed by atoms with Crippen molar-refractivity contribution in [2.45, 2.75) is 71.8 Å². The van der Waals surface area contributed by atoms with E-state index in [0.29, 0.717) is 6.04 Å². The van der Waals surface area contributed by atoms with Crippen molar-refractivity contribution in [1.82, 2.24) is 9.78 Å². The lowest BCUT2D eigenvalue weighted by atomic mass is 9.87. The van der Waals surface area contributed by atoms with E-state index in [4.69, 9.17) is 10.8 Å². The predicted molar refractivity (Wildman–Crippen MR) is 80.4 cm³/mol. The quantitative estimate of drug-likeness (QED) is 0.886. The summed E-state index contributed by atoms with van der Waals surface area (Å²) < 4.78 is 2.36. The van der Waals surface area contributed by atoms with Crippen LogP contribution in [-0.4, -0.2) is 16.3 Å². The van der Waals surface area contributed by atoms with Gasteiger partial charge in [-0.3, -0.25) is 4.68 Å². The molecule has 1 aromatic rings. The minimum atomic E-state index is 0.621. The third kappa shape index (κ3) is 3.02. The Labute approximate surface area is 117 Å². The van der Waals surface area contributed by atoms with E-state index in [1.165, 1.54) is 42.6 Å². The largest absolute Gasteiger partial charge is 0.330 e. The minimum Gasteiger partial charge on any atom is -0.330 e. The van der Waals surface area contributed by atoms with Gasteiger partial charge in [-0.05, 0) is 50.1 Å². The SMILES string of the molecule is CCc1nn(C2CCCC(C)C2)c(CC)c1CCN. The van der Waals surface area contributed by atoms with Gasteiger partial charge >= 0.3 is 0 Å². The lowest BCUT2D eigenvalue weighted by Gasteiger charge is -2.28. The van der Waals surface area contributed by atoms with Gasteiger partial charge in [0, 0.05) is 5.69 Å². The molecule has 0 bridgehead atoms. The zero-order valence-corrected chi connectivity index (χ0v) is 12.8. The summed E-state index contributed by atoms with van der Waals surface area (Å²) >= 11 is 0. The third-order valence-electron chi connectivity index (χ3n) is 4.52. The van der Waals surface area contributed by atoms with Crippen LogP contribution >= 0.6 is 0 Å². The first-order valence-corrected chi connectivity index (χ1v) is 8.00. The normalized spacial score (nSPS) is 23.8. The van der Waals surface area contributed by atoms with Gasteiger partial charge in [0.15, 0.2) is 0 Å². The van der Waals surface area contributed by atoms with Crippen molar-refractivity contribution < 1.29 is 0 Å². The van der Waals surface area contributed by atoms with E-state index < -0.39 is 0 Å². The van der Waals surface area contributed by atoms with E-state index in [2.05, 4.69) is 25.5 Å². The molecule has 2 unspecified atom stereocenters. The van der Waals surface area contributed by atoms with E-state index in [0.717, 1.165) is 31.7 Å². The smallest absolute Gasteiger partial charge is 0.0657 e. The van der Waals surface area contributed by atoms with Gasteiger partial charge in [-0.1, -0.05) is 33.6 Å². The van der Waals surface area contributed by atoms with Crippen molar-refractivity contribution in [3.8, 4) is 0 Å². The molecule has 3 nitrogen and oxygen atoms in total. The summed E-state index contributed by atoms with van der Waals surface area (Å²) in [6.45, 7) is 7.56.